The number of hydrogen-bond donors (Lipinski definition) is 1. The van der Waals surface area contributed by atoms with Gasteiger partial charge in [-0.15, -0.1) is 0 Å². The van der Waals surface area contributed by atoms with E-state index in [-0.39, 0.29) is 6.42 Å². The Morgan fingerprint density at radius 1 is 1.04 bits per heavy atom. The van der Waals surface area contributed by atoms with Crippen molar-refractivity contribution in [1.82, 2.24) is 0 Å². The second-order valence-electron chi connectivity index (χ2n) is 7.31. The van der Waals surface area contributed by atoms with Gasteiger partial charge in [0.2, 0.25) is 0 Å². The van der Waals surface area contributed by atoms with E-state index in [1.165, 1.54) is 51.4 Å². The summed E-state index contributed by atoms with van der Waals surface area (Å²) in [5.41, 5.74) is 0. The smallest absolute Gasteiger partial charge is 0.307 e. The van der Waals surface area contributed by atoms with Crippen LogP contribution in [0, 0.1) is 11.8 Å². The lowest BCUT2D eigenvalue weighted by molar-refractivity contribution is -0.136. The number of unbranched alkanes of at least 4 members (excludes halogenated alkanes) is 5. The van der Waals surface area contributed by atoms with E-state index in [1.807, 2.05) is 6.08 Å². The van der Waals surface area contributed by atoms with Crippen molar-refractivity contribution < 1.29 is 14.6 Å². The molecule has 2 bridgehead atoms. The molecule has 2 heterocycles. The van der Waals surface area contributed by atoms with Crippen LogP contribution in [0.3, 0.4) is 0 Å². The van der Waals surface area contributed by atoms with Crippen LogP contribution >= 0.6 is 0 Å². The Hall–Kier alpha value is -1.09. The Balaban J connectivity index is 1.70. The maximum Gasteiger partial charge on any atom is 0.307 e. The number of aliphatic carboxylic acids is 1. The van der Waals surface area contributed by atoms with E-state index in [4.69, 9.17) is 9.84 Å². The standard InChI is InChI=1S/C21H34O3/c1-2-3-4-5-6-9-12-17-18(20-16-15-19(17)24-20)13-10-7-8-11-14-21(22)23/h8-9,11-12,17-20H,2-7,10,13-16H2,1H3,(H,22,23)/t17-,18+,19-,20+/m0/s1. The van der Waals surface area contributed by atoms with Gasteiger partial charge in [-0.1, -0.05) is 50.5 Å². The summed E-state index contributed by atoms with van der Waals surface area (Å²) in [6, 6.07) is 0. The topological polar surface area (TPSA) is 46.5 Å². The molecule has 0 aromatic heterocycles. The minimum Gasteiger partial charge on any atom is -0.481 e. The molecule has 0 aromatic carbocycles. The van der Waals surface area contributed by atoms with Crippen molar-refractivity contribution in [3.8, 4) is 0 Å². The molecule has 0 aliphatic carbocycles. The molecule has 2 aliphatic heterocycles. The van der Waals surface area contributed by atoms with E-state index in [0.29, 0.717) is 24.0 Å². The first-order chi connectivity index (χ1) is 11.7. The van der Waals surface area contributed by atoms with Gasteiger partial charge in [0.15, 0.2) is 0 Å². The number of fused-ring (bicyclic) bond motifs is 2. The zero-order valence-electron chi connectivity index (χ0n) is 15.2. The Bertz CT molecular complexity index is 427. The molecule has 0 spiro atoms. The quantitative estimate of drug-likeness (QED) is 0.378. The molecule has 3 heteroatoms. The molecule has 2 saturated heterocycles. The van der Waals surface area contributed by atoms with E-state index < -0.39 is 5.97 Å². The average Bonchev–Trinajstić information content (AvgIpc) is 3.15. The predicted octanol–water partition coefficient (Wildman–Crippen LogP) is 5.51. The van der Waals surface area contributed by atoms with Crippen molar-refractivity contribution in [2.24, 2.45) is 11.8 Å². The highest BCUT2D eigenvalue weighted by Gasteiger charge is 2.46. The highest BCUT2D eigenvalue weighted by atomic mass is 16.5. The molecule has 0 amide bonds. The lowest BCUT2D eigenvalue weighted by atomic mass is 9.76. The second-order valence-corrected chi connectivity index (χ2v) is 7.31. The summed E-state index contributed by atoms with van der Waals surface area (Å²) < 4.78 is 6.16. The number of hydrogen-bond acceptors (Lipinski definition) is 2. The van der Waals surface area contributed by atoms with Gasteiger partial charge in [0, 0.05) is 5.92 Å². The predicted molar refractivity (Wildman–Crippen MR) is 98.0 cm³/mol. The highest BCUT2D eigenvalue weighted by molar-refractivity contribution is 5.68. The highest BCUT2D eigenvalue weighted by Crippen LogP contribution is 2.46. The molecule has 0 radical (unpaired) electrons. The summed E-state index contributed by atoms with van der Waals surface area (Å²) in [5, 5.41) is 8.62. The summed E-state index contributed by atoms with van der Waals surface area (Å²) in [5.74, 6) is 0.526. The fourth-order valence-corrected chi connectivity index (χ4v) is 4.17. The van der Waals surface area contributed by atoms with E-state index in [1.54, 1.807) is 6.08 Å². The Labute approximate surface area is 147 Å². The number of carboxylic acid groups (broad SMARTS) is 1. The fourth-order valence-electron chi connectivity index (χ4n) is 4.17. The maximum atomic E-state index is 10.5. The van der Waals surface area contributed by atoms with E-state index >= 15 is 0 Å². The molecule has 24 heavy (non-hydrogen) atoms. The van der Waals surface area contributed by atoms with Crippen LogP contribution in [0.25, 0.3) is 0 Å². The maximum absolute atomic E-state index is 10.5. The average molecular weight is 335 g/mol. The summed E-state index contributed by atoms with van der Waals surface area (Å²) in [6.45, 7) is 2.25. The van der Waals surface area contributed by atoms with Gasteiger partial charge in [0.05, 0.1) is 18.6 Å². The van der Waals surface area contributed by atoms with Crippen LogP contribution in [0.1, 0.15) is 77.6 Å². The number of carbonyl (C=O) groups is 1. The minimum absolute atomic E-state index is 0.140. The molecular weight excluding hydrogens is 300 g/mol. The van der Waals surface area contributed by atoms with Crippen molar-refractivity contribution >= 4 is 5.97 Å². The summed E-state index contributed by atoms with van der Waals surface area (Å²) in [7, 11) is 0. The van der Waals surface area contributed by atoms with Gasteiger partial charge in [-0.3, -0.25) is 4.79 Å². The molecule has 0 unspecified atom stereocenters. The van der Waals surface area contributed by atoms with Gasteiger partial charge in [-0.25, -0.2) is 0 Å². The molecule has 1 N–H and O–H groups in total. The normalized spacial score (nSPS) is 29.2. The van der Waals surface area contributed by atoms with Crippen LogP contribution in [-0.4, -0.2) is 23.3 Å². The van der Waals surface area contributed by atoms with Crippen LogP contribution < -0.4 is 0 Å². The first kappa shape index (κ1) is 19.2. The van der Waals surface area contributed by atoms with Gasteiger partial charge in [-0.05, 0) is 50.9 Å². The third kappa shape index (κ3) is 6.08. The molecule has 0 aromatic rings. The Kier molecular flexibility index (Phi) is 8.58. The molecule has 3 nitrogen and oxygen atoms in total. The molecule has 2 aliphatic rings. The zero-order valence-corrected chi connectivity index (χ0v) is 15.2. The summed E-state index contributed by atoms with van der Waals surface area (Å²) in [6.07, 6.45) is 22.0. The van der Waals surface area contributed by atoms with Gasteiger partial charge in [-0.2, -0.15) is 0 Å². The molecule has 136 valence electrons. The van der Waals surface area contributed by atoms with Crippen molar-refractivity contribution in [3.05, 3.63) is 24.3 Å². The molecule has 4 atom stereocenters. The van der Waals surface area contributed by atoms with Crippen LogP contribution in [0.4, 0.5) is 0 Å². The number of rotatable bonds is 12. The molecular formula is C21H34O3. The fraction of sp³-hybridized carbons (Fsp3) is 0.762. The van der Waals surface area contributed by atoms with Crippen LogP contribution in [0.5, 0.6) is 0 Å². The van der Waals surface area contributed by atoms with Crippen molar-refractivity contribution in [2.75, 3.05) is 0 Å². The lowest BCUT2D eigenvalue weighted by Crippen LogP contribution is -2.25. The summed E-state index contributed by atoms with van der Waals surface area (Å²) >= 11 is 0. The lowest BCUT2D eigenvalue weighted by Gasteiger charge is -2.25. The first-order valence-corrected chi connectivity index (χ1v) is 9.91. The van der Waals surface area contributed by atoms with E-state index in [9.17, 15) is 4.79 Å². The number of ether oxygens (including phenoxy) is 1. The molecule has 0 saturated carbocycles. The Morgan fingerprint density at radius 2 is 1.83 bits per heavy atom. The van der Waals surface area contributed by atoms with Crippen LogP contribution in [-0.2, 0) is 9.53 Å². The monoisotopic (exact) mass is 334 g/mol. The molecule has 2 rings (SSSR count). The van der Waals surface area contributed by atoms with Crippen molar-refractivity contribution in [1.29, 1.82) is 0 Å². The van der Waals surface area contributed by atoms with E-state index in [2.05, 4.69) is 19.1 Å². The number of allylic oxidation sites excluding steroid dienone is 2. The van der Waals surface area contributed by atoms with Crippen molar-refractivity contribution in [2.45, 2.75) is 89.8 Å². The zero-order chi connectivity index (χ0) is 17.2. The van der Waals surface area contributed by atoms with Gasteiger partial charge in [0.25, 0.3) is 0 Å². The van der Waals surface area contributed by atoms with E-state index in [0.717, 1.165) is 12.8 Å². The van der Waals surface area contributed by atoms with Gasteiger partial charge < -0.3 is 9.84 Å². The van der Waals surface area contributed by atoms with Gasteiger partial charge in [0.1, 0.15) is 0 Å². The second kappa shape index (κ2) is 10.7. The van der Waals surface area contributed by atoms with Crippen LogP contribution in [0.15, 0.2) is 24.3 Å². The third-order valence-corrected chi connectivity index (χ3v) is 5.44. The SMILES string of the molecule is CCCCCCC=C[C@H]1[C@@H](CCCC=CCC(=O)O)[C@H]2CC[C@@H]1O2. The molecule has 2 fully saturated rings. The minimum atomic E-state index is -0.753. The first-order valence-electron chi connectivity index (χ1n) is 9.91. The number of carboxylic acids is 1. The largest absolute Gasteiger partial charge is 0.481 e. The van der Waals surface area contributed by atoms with Crippen LogP contribution in [0.2, 0.25) is 0 Å². The Morgan fingerprint density at radius 3 is 2.62 bits per heavy atom. The summed E-state index contributed by atoms with van der Waals surface area (Å²) in [4.78, 5) is 10.5. The van der Waals surface area contributed by atoms with Crippen molar-refractivity contribution in [3.63, 3.8) is 0 Å². The third-order valence-electron chi connectivity index (χ3n) is 5.44. The van der Waals surface area contributed by atoms with Gasteiger partial charge >= 0.3 is 5.97 Å².